The van der Waals surface area contributed by atoms with Crippen LogP contribution in [0.2, 0.25) is 0 Å². The summed E-state index contributed by atoms with van der Waals surface area (Å²) < 4.78 is 7.51. The minimum absolute atomic E-state index is 1.15. The van der Waals surface area contributed by atoms with Crippen LogP contribution in [0.3, 0.4) is 0 Å². The normalized spacial score (nSPS) is 11.9. The monoisotopic (exact) mass is 666 g/mol. The lowest BCUT2D eigenvalue weighted by Crippen LogP contribution is -1.97. The molecule has 3 heteroatoms. The van der Waals surface area contributed by atoms with Crippen molar-refractivity contribution in [2.45, 2.75) is 0 Å². The number of rotatable bonds is 4. The topological polar surface area (TPSA) is 9.86 Å². The van der Waals surface area contributed by atoms with Gasteiger partial charge in [-0.05, 0) is 64.7 Å². The maximum absolute atomic E-state index is 2.43. The molecule has 0 aliphatic rings. The Morgan fingerprint density at radius 2 is 0.725 bits per heavy atom. The summed E-state index contributed by atoms with van der Waals surface area (Å²) in [5, 5.41) is 7.69. The molecule has 238 valence electrons. The summed E-state index contributed by atoms with van der Waals surface area (Å²) in [6, 6.07) is 66.5. The zero-order valence-electron chi connectivity index (χ0n) is 27.6. The van der Waals surface area contributed by atoms with Crippen LogP contribution < -0.4 is 0 Å². The fourth-order valence-electron chi connectivity index (χ4n) is 8.26. The fraction of sp³-hybridized carbons (Fsp3) is 0. The van der Waals surface area contributed by atoms with Gasteiger partial charge in [-0.2, -0.15) is 0 Å². The number of benzene rings is 8. The minimum atomic E-state index is 1.15. The molecule has 3 heterocycles. The highest BCUT2D eigenvalue weighted by Crippen LogP contribution is 2.44. The number of hydrogen-bond donors (Lipinski definition) is 0. The summed E-state index contributed by atoms with van der Waals surface area (Å²) in [5.41, 5.74) is 12.2. The van der Waals surface area contributed by atoms with Crippen molar-refractivity contribution in [3.8, 4) is 33.6 Å². The molecule has 2 nitrogen and oxygen atoms in total. The molecule has 11 rings (SSSR count). The van der Waals surface area contributed by atoms with Crippen LogP contribution in [0.4, 0.5) is 0 Å². The first-order valence-electron chi connectivity index (χ1n) is 17.4. The third-order valence-corrected chi connectivity index (χ3v) is 11.8. The van der Waals surface area contributed by atoms with Gasteiger partial charge in [-0.3, -0.25) is 0 Å². The first-order valence-corrected chi connectivity index (χ1v) is 18.3. The Morgan fingerprint density at radius 3 is 1.29 bits per heavy atom. The van der Waals surface area contributed by atoms with Crippen LogP contribution in [-0.4, -0.2) is 9.13 Å². The van der Waals surface area contributed by atoms with Crippen molar-refractivity contribution in [2.24, 2.45) is 0 Å². The van der Waals surface area contributed by atoms with Gasteiger partial charge in [0.05, 0.1) is 22.1 Å². The minimum Gasteiger partial charge on any atom is -0.309 e. The first kappa shape index (κ1) is 28.4. The van der Waals surface area contributed by atoms with Crippen molar-refractivity contribution in [2.75, 3.05) is 0 Å². The van der Waals surface area contributed by atoms with Gasteiger partial charge in [0.25, 0.3) is 0 Å². The molecule has 0 amide bonds. The molecule has 0 aliphatic carbocycles. The maximum atomic E-state index is 2.43. The van der Waals surface area contributed by atoms with Crippen molar-refractivity contribution in [1.29, 1.82) is 0 Å². The highest BCUT2D eigenvalue weighted by atomic mass is 32.1. The Hall–Kier alpha value is -6.42. The molecule has 0 unspecified atom stereocenters. The molecular formula is C48H30N2S. The van der Waals surface area contributed by atoms with E-state index in [1.54, 1.807) is 0 Å². The van der Waals surface area contributed by atoms with Gasteiger partial charge in [-0.15, -0.1) is 11.3 Å². The van der Waals surface area contributed by atoms with Crippen LogP contribution >= 0.6 is 11.3 Å². The largest absolute Gasteiger partial charge is 0.309 e. The Labute approximate surface area is 298 Å². The zero-order chi connectivity index (χ0) is 33.5. The molecular weight excluding hydrogens is 637 g/mol. The number of aromatic nitrogens is 2. The molecule has 0 saturated carbocycles. The van der Waals surface area contributed by atoms with Gasteiger partial charge in [0.2, 0.25) is 0 Å². The van der Waals surface area contributed by atoms with E-state index in [-0.39, 0.29) is 0 Å². The average molecular weight is 667 g/mol. The van der Waals surface area contributed by atoms with E-state index < -0.39 is 0 Å². The van der Waals surface area contributed by atoms with Crippen molar-refractivity contribution < 1.29 is 0 Å². The van der Waals surface area contributed by atoms with Crippen molar-refractivity contribution >= 4 is 75.1 Å². The Balaban J connectivity index is 1.08. The molecule has 0 atom stereocenters. The predicted octanol–water partition coefficient (Wildman–Crippen LogP) is 13.6. The molecule has 0 bridgehead atoms. The van der Waals surface area contributed by atoms with E-state index >= 15 is 0 Å². The second kappa shape index (κ2) is 11.0. The van der Waals surface area contributed by atoms with E-state index in [9.17, 15) is 0 Å². The molecule has 8 aromatic carbocycles. The van der Waals surface area contributed by atoms with Gasteiger partial charge in [0.15, 0.2) is 0 Å². The first-order chi connectivity index (χ1) is 25.3. The molecule has 0 fully saturated rings. The Bertz CT molecular complexity index is 3070. The molecule has 0 radical (unpaired) electrons. The van der Waals surface area contributed by atoms with Gasteiger partial charge < -0.3 is 9.13 Å². The van der Waals surface area contributed by atoms with Crippen LogP contribution in [0, 0.1) is 0 Å². The number of nitrogens with zero attached hydrogens (tertiary/aromatic N) is 2. The highest BCUT2D eigenvalue weighted by Gasteiger charge is 2.17. The van der Waals surface area contributed by atoms with Crippen LogP contribution in [0.5, 0.6) is 0 Å². The van der Waals surface area contributed by atoms with Crippen molar-refractivity contribution in [1.82, 2.24) is 9.13 Å². The molecule has 51 heavy (non-hydrogen) atoms. The van der Waals surface area contributed by atoms with E-state index in [4.69, 9.17) is 0 Å². The third-order valence-electron chi connectivity index (χ3n) is 10.5. The molecule has 0 aliphatic heterocycles. The summed E-state index contributed by atoms with van der Waals surface area (Å²) in [6.45, 7) is 0. The van der Waals surface area contributed by atoms with E-state index in [0.29, 0.717) is 0 Å². The summed E-state index contributed by atoms with van der Waals surface area (Å²) in [5.74, 6) is 0. The van der Waals surface area contributed by atoms with Gasteiger partial charge in [-0.25, -0.2) is 0 Å². The van der Waals surface area contributed by atoms with Crippen LogP contribution in [0.25, 0.3) is 97.4 Å². The van der Waals surface area contributed by atoms with Crippen molar-refractivity contribution in [3.05, 3.63) is 182 Å². The van der Waals surface area contributed by atoms with Gasteiger partial charge in [0.1, 0.15) is 0 Å². The number of hydrogen-bond acceptors (Lipinski definition) is 1. The SMILES string of the molecule is c1ccc(-c2cccc3c2sc2c(-c4ccc(-n5c6ccccc6c6ccc(-n7c8ccccc8c8ccccc87)cc65)cc4)cccc23)cc1. The molecule has 3 aromatic heterocycles. The number of para-hydroxylation sites is 3. The number of thiophene rings is 1. The lowest BCUT2D eigenvalue weighted by Gasteiger charge is -2.12. The molecule has 0 N–H and O–H groups in total. The number of fused-ring (bicyclic) bond motifs is 9. The summed E-state index contributed by atoms with van der Waals surface area (Å²) >= 11 is 1.90. The average Bonchev–Trinajstić information content (AvgIpc) is 3.86. The molecule has 0 spiro atoms. The third kappa shape index (κ3) is 4.22. The lowest BCUT2D eigenvalue weighted by atomic mass is 10.00. The van der Waals surface area contributed by atoms with Gasteiger partial charge in [-0.1, -0.05) is 140 Å². The second-order valence-corrected chi connectivity index (χ2v) is 14.3. The van der Waals surface area contributed by atoms with Crippen LogP contribution in [-0.2, 0) is 0 Å². The Morgan fingerprint density at radius 1 is 0.294 bits per heavy atom. The van der Waals surface area contributed by atoms with Crippen molar-refractivity contribution in [3.63, 3.8) is 0 Å². The lowest BCUT2D eigenvalue weighted by molar-refractivity contribution is 1.15. The summed E-state index contributed by atoms with van der Waals surface area (Å²) in [4.78, 5) is 0. The highest BCUT2D eigenvalue weighted by molar-refractivity contribution is 7.26. The maximum Gasteiger partial charge on any atom is 0.0561 e. The smallest absolute Gasteiger partial charge is 0.0561 e. The van der Waals surface area contributed by atoms with E-state index in [1.807, 2.05) is 11.3 Å². The quantitative estimate of drug-likeness (QED) is 0.177. The van der Waals surface area contributed by atoms with Gasteiger partial charge in [0, 0.05) is 53.1 Å². The van der Waals surface area contributed by atoms with E-state index in [1.165, 1.54) is 86.0 Å². The fourth-order valence-corrected chi connectivity index (χ4v) is 9.63. The molecule has 11 aromatic rings. The summed E-state index contributed by atoms with van der Waals surface area (Å²) in [7, 11) is 0. The summed E-state index contributed by atoms with van der Waals surface area (Å²) in [6.07, 6.45) is 0. The van der Waals surface area contributed by atoms with Crippen LogP contribution in [0.1, 0.15) is 0 Å². The molecule has 0 saturated heterocycles. The van der Waals surface area contributed by atoms with Crippen LogP contribution in [0.15, 0.2) is 182 Å². The van der Waals surface area contributed by atoms with Gasteiger partial charge >= 0.3 is 0 Å². The van der Waals surface area contributed by atoms with E-state index in [2.05, 4.69) is 191 Å². The zero-order valence-corrected chi connectivity index (χ0v) is 28.4. The second-order valence-electron chi connectivity index (χ2n) is 13.3. The predicted molar refractivity (Wildman–Crippen MR) is 219 cm³/mol. The van der Waals surface area contributed by atoms with E-state index in [0.717, 1.165) is 11.4 Å². The standard InChI is InChI=1S/C48H30N2S/c1-2-12-31(13-3-1)35-17-10-19-41-42-20-11-18-36(48(42)51-47(35)41)32-24-26-33(27-25-32)49-43-21-7-6-16-39(43)40-29-28-34(30-46(40)49)50-44-22-8-4-14-37(44)38-15-5-9-23-45(38)50/h1-30H. The Kier molecular flexibility index (Phi) is 6.16.